The Morgan fingerprint density at radius 1 is 1.06 bits per heavy atom. The summed E-state index contributed by atoms with van der Waals surface area (Å²) in [4.78, 5) is 14.2. The van der Waals surface area contributed by atoms with E-state index < -0.39 is 36.6 Å². The van der Waals surface area contributed by atoms with Gasteiger partial charge in [0.15, 0.2) is 0 Å². The fraction of sp³-hybridized carbons (Fsp3) is 0.346. The third-order valence-electron chi connectivity index (χ3n) is 5.92. The number of rotatable bonds is 8. The lowest BCUT2D eigenvalue weighted by molar-refractivity contribution is -0.144. The molecule has 36 heavy (non-hydrogen) atoms. The van der Waals surface area contributed by atoms with Crippen LogP contribution in [0.4, 0.5) is 18.0 Å². The highest BCUT2D eigenvalue weighted by molar-refractivity contribution is 6.30. The molecule has 0 bridgehead atoms. The molecule has 1 aromatic heterocycles. The number of alkyl halides is 3. The number of halogens is 4. The van der Waals surface area contributed by atoms with Gasteiger partial charge in [0.1, 0.15) is 5.69 Å². The quantitative estimate of drug-likeness (QED) is 0.402. The van der Waals surface area contributed by atoms with Crippen LogP contribution in [0.15, 0.2) is 54.6 Å². The van der Waals surface area contributed by atoms with Gasteiger partial charge in [-0.3, -0.25) is 0 Å². The van der Waals surface area contributed by atoms with Crippen LogP contribution in [-0.4, -0.2) is 52.6 Å². The molecule has 0 aliphatic rings. The second-order valence-corrected chi connectivity index (χ2v) is 9.52. The molecule has 0 aliphatic carbocycles. The van der Waals surface area contributed by atoms with E-state index in [2.05, 4.69) is 0 Å². The number of aromatic nitrogens is 1. The van der Waals surface area contributed by atoms with Crippen molar-refractivity contribution >= 4 is 17.7 Å². The van der Waals surface area contributed by atoms with Crippen LogP contribution < -0.4 is 4.74 Å². The van der Waals surface area contributed by atoms with Gasteiger partial charge < -0.3 is 24.4 Å². The highest BCUT2D eigenvalue weighted by Crippen LogP contribution is 2.45. The number of nitrogens with zero attached hydrogens (tertiary/aromatic N) is 2. The molecule has 194 valence electrons. The fourth-order valence-corrected chi connectivity index (χ4v) is 4.14. The Morgan fingerprint density at radius 2 is 1.64 bits per heavy atom. The maximum Gasteiger partial charge on any atom is 0.431 e. The van der Waals surface area contributed by atoms with E-state index in [-0.39, 0.29) is 30.1 Å². The van der Waals surface area contributed by atoms with E-state index in [4.69, 9.17) is 16.3 Å². The molecule has 0 radical (unpaired) electrons. The van der Waals surface area contributed by atoms with Crippen LogP contribution in [0.3, 0.4) is 0 Å². The zero-order valence-electron chi connectivity index (χ0n) is 20.1. The van der Waals surface area contributed by atoms with E-state index >= 15 is 0 Å². The summed E-state index contributed by atoms with van der Waals surface area (Å²) < 4.78 is 49.6. The first-order valence-electron chi connectivity index (χ1n) is 11.1. The molecule has 0 spiro atoms. The summed E-state index contributed by atoms with van der Waals surface area (Å²) in [5.41, 5.74) is -0.955. The molecule has 0 unspecified atom stereocenters. The van der Waals surface area contributed by atoms with Gasteiger partial charge in [-0.05, 0) is 35.7 Å². The molecule has 0 saturated carbocycles. The molecule has 10 heteroatoms. The van der Waals surface area contributed by atoms with Crippen molar-refractivity contribution < 1.29 is 32.9 Å². The highest BCUT2D eigenvalue weighted by Gasteiger charge is 2.41. The molecular formula is C26H28ClF3N2O4. The molecule has 1 heterocycles. The van der Waals surface area contributed by atoms with Gasteiger partial charge in [-0.15, -0.1) is 0 Å². The Morgan fingerprint density at radius 3 is 2.17 bits per heavy atom. The predicted molar refractivity (Wildman–Crippen MR) is 131 cm³/mol. The third-order valence-corrected chi connectivity index (χ3v) is 6.17. The van der Waals surface area contributed by atoms with E-state index in [9.17, 15) is 28.2 Å². The Hall–Kier alpha value is -3.01. The Labute approximate surface area is 212 Å². The minimum atomic E-state index is -4.73. The van der Waals surface area contributed by atoms with Crippen LogP contribution in [0.5, 0.6) is 5.88 Å². The summed E-state index contributed by atoms with van der Waals surface area (Å²) >= 11 is 5.99. The van der Waals surface area contributed by atoms with Gasteiger partial charge in [-0.1, -0.05) is 61.0 Å². The predicted octanol–water partition coefficient (Wildman–Crippen LogP) is 5.61. The van der Waals surface area contributed by atoms with Crippen LogP contribution in [0.2, 0.25) is 5.02 Å². The zero-order valence-corrected chi connectivity index (χ0v) is 20.9. The topological polar surface area (TPSA) is 74.9 Å². The Bertz CT molecular complexity index is 1190. The number of carbonyl (C=O) groups excluding carboxylic acids is 1. The number of ether oxygens (including phenoxy) is 1. The number of aliphatic hydroxyl groups excluding tert-OH is 2. The molecule has 0 atom stereocenters. The van der Waals surface area contributed by atoms with E-state index in [1.165, 1.54) is 14.0 Å². The normalized spacial score (nSPS) is 12.0. The summed E-state index contributed by atoms with van der Waals surface area (Å²) in [6.45, 7) is 1.82. The van der Waals surface area contributed by atoms with Gasteiger partial charge in [-0.2, -0.15) is 13.2 Å². The molecule has 1 amide bonds. The second-order valence-electron chi connectivity index (χ2n) is 9.08. The van der Waals surface area contributed by atoms with E-state index in [1.54, 1.807) is 61.5 Å². The van der Waals surface area contributed by atoms with Crippen LogP contribution in [0.25, 0.3) is 11.1 Å². The van der Waals surface area contributed by atoms with Crippen molar-refractivity contribution in [1.29, 1.82) is 0 Å². The molecule has 2 N–H and O–H groups in total. The number of carbonyl (C=O) groups is 1. The lowest BCUT2D eigenvalue weighted by Crippen LogP contribution is -2.42. The van der Waals surface area contributed by atoms with Gasteiger partial charge in [0.25, 0.3) is 0 Å². The molecular weight excluding hydrogens is 497 g/mol. The molecule has 6 nitrogen and oxygen atoms in total. The molecule has 2 aromatic carbocycles. The Balaban J connectivity index is 2.18. The number of benzene rings is 2. The van der Waals surface area contributed by atoms with Crippen molar-refractivity contribution in [2.75, 3.05) is 26.8 Å². The van der Waals surface area contributed by atoms with Gasteiger partial charge >= 0.3 is 12.3 Å². The monoisotopic (exact) mass is 524 g/mol. The van der Waals surface area contributed by atoms with Gasteiger partial charge in [0, 0.05) is 29.6 Å². The number of hydrogen-bond acceptors (Lipinski definition) is 4. The second kappa shape index (κ2) is 10.9. The maximum absolute atomic E-state index is 14.3. The minimum absolute atomic E-state index is 0.0837. The van der Waals surface area contributed by atoms with Gasteiger partial charge in [0.05, 0.1) is 19.8 Å². The smallest absolute Gasteiger partial charge is 0.396 e. The van der Waals surface area contributed by atoms with Gasteiger partial charge in [-0.25, -0.2) is 4.79 Å². The van der Waals surface area contributed by atoms with Crippen molar-refractivity contribution in [3.05, 3.63) is 76.4 Å². The molecule has 0 saturated heterocycles. The first kappa shape index (κ1) is 27.6. The highest BCUT2D eigenvalue weighted by atomic mass is 35.5. The van der Waals surface area contributed by atoms with Crippen molar-refractivity contribution in [2.24, 2.45) is 5.41 Å². The molecule has 3 rings (SSSR count). The van der Waals surface area contributed by atoms with Crippen molar-refractivity contribution in [3.63, 3.8) is 0 Å². The number of hydrogen-bond donors (Lipinski definition) is 2. The summed E-state index contributed by atoms with van der Waals surface area (Å²) in [7, 11) is 1.38. The van der Waals surface area contributed by atoms with Gasteiger partial charge in [0.2, 0.25) is 5.88 Å². The van der Waals surface area contributed by atoms with Crippen molar-refractivity contribution in [3.8, 4) is 17.0 Å². The third kappa shape index (κ3) is 6.03. The molecule has 0 aliphatic heterocycles. The maximum atomic E-state index is 14.3. The summed E-state index contributed by atoms with van der Waals surface area (Å²) in [6, 6.07) is 14.8. The lowest BCUT2D eigenvalue weighted by Gasteiger charge is -2.30. The lowest BCUT2D eigenvalue weighted by atomic mass is 9.93. The zero-order chi connectivity index (χ0) is 26.7. The fourth-order valence-electron chi connectivity index (χ4n) is 4.01. The summed E-state index contributed by atoms with van der Waals surface area (Å²) in [6.07, 6.45) is -5.66. The molecule has 0 fully saturated rings. The number of amides is 1. The minimum Gasteiger partial charge on any atom is -0.396 e. The molecule has 3 aromatic rings. The summed E-state index contributed by atoms with van der Waals surface area (Å²) in [5.74, 6) is -0.266. The van der Waals surface area contributed by atoms with Crippen LogP contribution in [-0.2, 0) is 12.7 Å². The number of aliphatic hydroxyl groups is 2. The largest absolute Gasteiger partial charge is 0.431 e. The average Bonchev–Trinajstić information content (AvgIpc) is 3.10. The first-order chi connectivity index (χ1) is 16.9. The average molecular weight is 525 g/mol. The van der Waals surface area contributed by atoms with E-state index in [1.807, 2.05) is 0 Å². The Kier molecular flexibility index (Phi) is 8.38. The SMILES string of the molecule is Cc1c(-c2ccc(Cl)cc2)c(OC(=O)N(C)CC(C)(CO)CO)n(Cc2ccccc2)c1C(F)(F)F. The summed E-state index contributed by atoms with van der Waals surface area (Å²) in [5, 5.41) is 19.6. The van der Waals surface area contributed by atoms with Crippen LogP contribution in [0.1, 0.15) is 23.7 Å². The van der Waals surface area contributed by atoms with Crippen molar-refractivity contribution in [2.45, 2.75) is 26.6 Å². The first-order valence-corrected chi connectivity index (χ1v) is 11.5. The standard InChI is InChI=1S/C26H28ClF3N2O4/c1-17-21(19-9-11-20(27)12-10-19)23(36-24(35)31(3)14-25(2,15-33)16-34)32(22(17)26(28,29)30)13-18-7-5-4-6-8-18/h4-12,33-34H,13-16H2,1-3H3. The van der Waals surface area contributed by atoms with E-state index in [0.29, 0.717) is 16.1 Å². The van der Waals surface area contributed by atoms with E-state index in [0.717, 1.165) is 9.47 Å². The van der Waals surface area contributed by atoms with Crippen LogP contribution >= 0.6 is 11.6 Å². The van der Waals surface area contributed by atoms with Crippen molar-refractivity contribution in [1.82, 2.24) is 9.47 Å². The van der Waals surface area contributed by atoms with Crippen LogP contribution in [0, 0.1) is 12.3 Å².